The molecular weight excluding hydrogens is 204 g/mol. The minimum Gasteiger partial charge on any atom is -0.507 e. The van der Waals surface area contributed by atoms with Gasteiger partial charge in [-0.15, -0.1) is 0 Å². The van der Waals surface area contributed by atoms with Crippen LogP contribution in [0.25, 0.3) is 10.8 Å². The molecule has 0 amide bonds. The average molecular weight is 218 g/mol. The molecule has 0 radical (unpaired) electrons. The SMILES string of the molecule is CCOCOc1ccc(O)c2ccccc12. The predicted octanol–water partition coefficient (Wildman–Crippen LogP) is 2.92. The molecule has 84 valence electrons. The molecule has 0 fully saturated rings. The van der Waals surface area contributed by atoms with Crippen LogP contribution >= 0.6 is 0 Å². The largest absolute Gasteiger partial charge is 0.507 e. The fourth-order valence-corrected chi connectivity index (χ4v) is 1.57. The Kier molecular flexibility index (Phi) is 3.27. The molecule has 0 atom stereocenters. The van der Waals surface area contributed by atoms with Crippen LogP contribution in [0.2, 0.25) is 0 Å². The number of aromatic hydroxyl groups is 1. The molecule has 16 heavy (non-hydrogen) atoms. The van der Waals surface area contributed by atoms with Crippen molar-refractivity contribution in [3.63, 3.8) is 0 Å². The first-order chi connectivity index (χ1) is 7.83. The van der Waals surface area contributed by atoms with Gasteiger partial charge < -0.3 is 14.6 Å². The van der Waals surface area contributed by atoms with Gasteiger partial charge >= 0.3 is 0 Å². The van der Waals surface area contributed by atoms with Crippen LogP contribution in [0.1, 0.15) is 6.92 Å². The van der Waals surface area contributed by atoms with Crippen LogP contribution in [0.3, 0.4) is 0 Å². The summed E-state index contributed by atoms with van der Waals surface area (Å²) < 4.78 is 10.6. The van der Waals surface area contributed by atoms with E-state index in [4.69, 9.17) is 9.47 Å². The van der Waals surface area contributed by atoms with Crippen molar-refractivity contribution in [2.75, 3.05) is 13.4 Å². The molecule has 0 spiro atoms. The molecule has 0 aromatic heterocycles. The van der Waals surface area contributed by atoms with Crippen LogP contribution in [0.4, 0.5) is 0 Å². The number of hydrogen-bond acceptors (Lipinski definition) is 3. The summed E-state index contributed by atoms with van der Waals surface area (Å²) in [6.45, 7) is 2.76. The molecule has 0 heterocycles. The highest BCUT2D eigenvalue weighted by Gasteiger charge is 2.05. The topological polar surface area (TPSA) is 38.7 Å². The van der Waals surface area contributed by atoms with Crippen LogP contribution in [0, 0.1) is 0 Å². The lowest BCUT2D eigenvalue weighted by Crippen LogP contribution is -2.02. The second-order valence-corrected chi connectivity index (χ2v) is 3.38. The van der Waals surface area contributed by atoms with Gasteiger partial charge in [-0.25, -0.2) is 0 Å². The number of fused-ring (bicyclic) bond motifs is 1. The van der Waals surface area contributed by atoms with E-state index in [9.17, 15) is 5.11 Å². The van der Waals surface area contributed by atoms with Crippen LogP contribution in [0.5, 0.6) is 11.5 Å². The lowest BCUT2D eigenvalue weighted by Gasteiger charge is -2.09. The monoisotopic (exact) mass is 218 g/mol. The maximum absolute atomic E-state index is 9.68. The molecular formula is C13H14O3. The van der Waals surface area contributed by atoms with Crippen molar-refractivity contribution < 1.29 is 14.6 Å². The molecule has 1 N–H and O–H groups in total. The number of phenolic OH excluding ortho intramolecular Hbond substituents is 1. The molecule has 0 aliphatic heterocycles. The van der Waals surface area contributed by atoms with Crippen molar-refractivity contribution >= 4 is 10.8 Å². The fraction of sp³-hybridized carbons (Fsp3) is 0.231. The molecule has 0 saturated carbocycles. The van der Waals surface area contributed by atoms with E-state index in [0.717, 1.165) is 16.5 Å². The number of rotatable bonds is 4. The standard InChI is InChI=1S/C13H14O3/c1-2-15-9-16-13-8-7-12(14)10-5-3-4-6-11(10)13/h3-8,14H,2,9H2,1H3. The zero-order chi connectivity index (χ0) is 11.4. The smallest absolute Gasteiger partial charge is 0.189 e. The molecule has 0 aliphatic carbocycles. The van der Waals surface area contributed by atoms with Gasteiger partial charge in [0.1, 0.15) is 11.5 Å². The van der Waals surface area contributed by atoms with Gasteiger partial charge in [0.25, 0.3) is 0 Å². The summed E-state index contributed by atoms with van der Waals surface area (Å²) in [5.41, 5.74) is 0. The first-order valence-electron chi connectivity index (χ1n) is 5.24. The summed E-state index contributed by atoms with van der Waals surface area (Å²) >= 11 is 0. The third kappa shape index (κ3) is 2.09. The Morgan fingerprint density at radius 2 is 1.81 bits per heavy atom. The number of phenols is 1. The molecule has 3 nitrogen and oxygen atoms in total. The zero-order valence-electron chi connectivity index (χ0n) is 9.14. The minimum atomic E-state index is 0.227. The molecule has 0 saturated heterocycles. The third-order valence-electron chi connectivity index (χ3n) is 2.36. The van der Waals surface area contributed by atoms with E-state index >= 15 is 0 Å². The second-order valence-electron chi connectivity index (χ2n) is 3.38. The Morgan fingerprint density at radius 1 is 1.06 bits per heavy atom. The van der Waals surface area contributed by atoms with E-state index in [1.54, 1.807) is 12.1 Å². The third-order valence-corrected chi connectivity index (χ3v) is 2.36. The highest BCUT2D eigenvalue weighted by Crippen LogP contribution is 2.31. The number of ether oxygens (including phenoxy) is 2. The lowest BCUT2D eigenvalue weighted by atomic mass is 10.1. The minimum absolute atomic E-state index is 0.227. The second kappa shape index (κ2) is 4.86. The van der Waals surface area contributed by atoms with Crippen LogP contribution in [-0.4, -0.2) is 18.5 Å². The van der Waals surface area contributed by atoms with Gasteiger partial charge in [0.2, 0.25) is 0 Å². The van der Waals surface area contributed by atoms with Crippen molar-refractivity contribution in [1.29, 1.82) is 0 Å². The van der Waals surface area contributed by atoms with Crippen molar-refractivity contribution in [3.8, 4) is 11.5 Å². The van der Waals surface area contributed by atoms with E-state index in [0.29, 0.717) is 6.61 Å². The maximum Gasteiger partial charge on any atom is 0.189 e. The van der Waals surface area contributed by atoms with Crippen molar-refractivity contribution in [1.82, 2.24) is 0 Å². The van der Waals surface area contributed by atoms with Crippen molar-refractivity contribution in [2.24, 2.45) is 0 Å². The molecule has 2 rings (SSSR count). The highest BCUT2D eigenvalue weighted by atomic mass is 16.7. The average Bonchev–Trinajstić information content (AvgIpc) is 2.33. The molecule has 2 aromatic carbocycles. The summed E-state index contributed by atoms with van der Waals surface area (Å²) in [7, 11) is 0. The summed E-state index contributed by atoms with van der Waals surface area (Å²) in [5, 5.41) is 11.4. The summed E-state index contributed by atoms with van der Waals surface area (Å²) in [6.07, 6.45) is 0. The Labute approximate surface area is 94.2 Å². The first kappa shape index (κ1) is 10.8. The van der Waals surface area contributed by atoms with Crippen LogP contribution in [-0.2, 0) is 4.74 Å². The predicted molar refractivity (Wildman–Crippen MR) is 62.7 cm³/mol. The van der Waals surface area contributed by atoms with Gasteiger partial charge in [-0.1, -0.05) is 24.3 Å². The van der Waals surface area contributed by atoms with Crippen molar-refractivity contribution in [3.05, 3.63) is 36.4 Å². The van der Waals surface area contributed by atoms with Gasteiger partial charge in [-0.2, -0.15) is 0 Å². The van der Waals surface area contributed by atoms with E-state index in [1.165, 1.54) is 0 Å². The summed E-state index contributed by atoms with van der Waals surface area (Å²) in [5.74, 6) is 0.987. The maximum atomic E-state index is 9.68. The normalized spacial score (nSPS) is 10.6. The van der Waals surface area contributed by atoms with E-state index in [1.807, 2.05) is 31.2 Å². The van der Waals surface area contributed by atoms with Crippen LogP contribution in [0.15, 0.2) is 36.4 Å². The Balaban J connectivity index is 2.35. The van der Waals surface area contributed by atoms with Crippen molar-refractivity contribution in [2.45, 2.75) is 6.92 Å². The van der Waals surface area contributed by atoms with Gasteiger partial charge in [-0.3, -0.25) is 0 Å². The van der Waals surface area contributed by atoms with Gasteiger partial charge in [0.05, 0.1) is 0 Å². The van der Waals surface area contributed by atoms with Gasteiger partial charge in [-0.05, 0) is 19.1 Å². The van der Waals surface area contributed by atoms with E-state index in [2.05, 4.69) is 0 Å². The Hall–Kier alpha value is -1.74. The summed E-state index contributed by atoms with van der Waals surface area (Å²) in [4.78, 5) is 0. The Bertz CT molecular complexity index is 480. The van der Waals surface area contributed by atoms with Crippen LogP contribution < -0.4 is 4.74 Å². The Morgan fingerprint density at radius 3 is 2.56 bits per heavy atom. The molecule has 0 aliphatic rings. The zero-order valence-corrected chi connectivity index (χ0v) is 9.14. The van der Waals surface area contributed by atoms with Gasteiger partial charge in [0, 0.05) is 17.4 Å². The van der Waals surface area contributed by atoms with Gasteiger partial charge in [0.15, 0.2) is 6.79 Å². The molecule has 2 aromatic rings. The quantitative estimate of drug-likeness (QED) is 0.633. The molecule has 0 bridgehead atoms. The highest BCUT2D eigenvalue weighted by molar-refractivity contribution is 5.92. The lowest BCUT2D eigenvalue weighted by molar-refractivity contribution is 0.0233. The molecule has 3 heteroatoms. The fourth-order valence-electron chi connectivity index (χ4n) is 1.57. The first-order valence-corrected chi connectivity index (χ1v) is 5.24. The summed E-state index contributed by atoms with van der Waals surface area (Å²) in [6, 6.07) is 10.9. The van der Waals surface area contributed by atoms with E-state index in [-0.39, 0.29) is 12.5 Å². The molecule has 0 unspecified atom stereocenters. The number of hydrogen-bond donors (Lipinski definition) is 1. The number of benzene rings is 2. The van der Waals surface area contributed by atoms with E-state index < -0.39 is 0 Å².